The van der Waals surface area contributed by atoms with Crippen molar-refractivity contribution in [2.45, 2.75) is 31.0 Å². The van der Waals surface area contributed by atoms with Crippen molar-refractivity contribution in [3.05, 3.63) is 59.6 Å². The number of thiazole rings is 1. The lowest BCUT2D eigenvalue weighted by Gasteiger charge is -2.18. The van der Waals surface area contributed by atoms with Crippen molar-refractivity contribution in [3.63, 3.8) is 0 Å². The van der Waals surface area contributed by atoms with Crippen LogP contribution in [0.2, 0.25) is 0 Å². The van der Waals surface area contributed by atoms with E-state index < -0.39 is 28.0 Å². The fraction of sp³-hybridized carbons (Fsp3) is 0.238. The van der Waals surface area contributed by atoms with Gasteiger partial charge in [0, 0.05) is 29.5 Å². The van der Waals surface area contributed by atoms with Crippen LogP contribution in [0.5, 0.6) is 17.2 Å². The van der Waals surface area contributed by atoms with Crippen molar-refractivity contribution in [2.75, 3.05) is 11.6 Å². The van der Waals surface area contributed by atoms with Crippen LogP contribution in [0.25, 0.3) is 0 Å². The molecule has 0 aliphatic rings. The zero-order chi connectivity index (χ0) is 22.6. The number of ether oxygens (including phenoxy) is 2. The second-order valence-corrected chi connectivity index (χ2v) is 9.80. The molecule has 1 aromatic heterocycles. The number of sulfone groups is 1. The summed E-state index contributed by atoms with van der Waals surface area (Å²) in [5, 5.41) is 14.6. The van der Waals surface area contributed by atoms with Crippen LogP contribution in [0.4, 0.5) is 5.13 Å². The molecule has 1 amide bonds. The minimum Gasteiger partial charge on any atom is -0.488 e. The molecule has 0 fully saturated rings. The van der Waals surface area contributed by atoms with E-state index >= 15 is 0 Å². The monoisotopic (exact) mass is 462 g/mol. The van der Waals surface area contributed by atoms with E-state index in [9.17, 15) is 18.3 Å². The van der Waals surface area contributed by atoms with Gasteiger partial charge in [-0.2, -0.15) is 0 Å². The van der Waals surface area contributed by atoms with E-state index in [0.29, 0.717) is 22.4 Å². The second kappa shape index (κ2) is 9.46. The summed E-state index contributed by atoms with van der Waals surface area (Å²) in [5.41, 5.74) is 0.272. The third-order valence-corrected chi connectivity index (χ3v) is 6.10. The van der Waals surface area contributed by atoms with E-state index in [1.807, 2.05) is 0 Å². The van der Waals surface area contributed by atoms with Crippen molar-refractivity contribution in [1.82, 2.24) is 4.98 Å². The summed E-state index contributed by atoms with van der Waals surface area (Å²) < 4.78 is 34.8. The number of aliphatic hydroxyl groups is 1. The summed E-state index contributed by atoms with van der Waals surface area (Å²) in [4.78, 5) is 16.9. The number of hydrogen-bond acceptors (Lipinski definition) is 8. The Morgan fingerprint density at radius 1 is 1.10 bits per heavy atom. The third-order valence-electron chi connectivity index (χ3n) is 4.28. The van der Waals surface area contributed by atoms with Gasteiger partial charge in [0.15, 0.2) is 15.0 Å². The number of nitrogens with zero attached hydrogens (tertiary/aromatic N) is 1. The van der Waals surface area contributed by atoms with E-state index in [0.717, 1.165) is 6.26 Å². The number of carbonyl (C=O) groups is 1. The Hall–Kier alpha value is -2.95. The van der Waals surface area contributed by atoms with Crippen LogP contribution in [0.1, 0.15) is 24.2 Å². The van der Waals surface area contributed by atoms with E-state index in [1.54, 1.807) is 37.6 Å². The van der Waals surface area contributed by atoms with Crippen LogP contribution in [0.3, 0.4) is 0 Å². The van der Waals surface area contributed by atoms with Crippen molar-refractivity contribution in [1.29, 1.82) is 0 Å². The Balaban J connectivity index is 1.89. The topological polar surface area (TPSA) is 115 Å². The number of nitrogens with one attached hydrogen (secondary N) is 1. The minimum atomic E-state index is -3.32. The summed E-state index contributed by atoms with van der Waals surface area (Å²) in [6.45, 7) is 3.31. The van der Waals surface area contributed by atoms with Crippen LogP contribution in [-0.4, -0.2) is 42.9 Å². The lowest BCUT2D eigenvalue weighted by Crippen LogP contribution is -2.25. The third kappa shape index (κ3) is 6.27. The van der Waals surface area contributed by atoms with Gasteiger partial charge in [0.25, 0.3) is 5.91 Å². The van der Waals surface area contributed by atoms with E-state index in [2.05, 4.69) is 10.3 Å². The number of aliphatic hydroxyl groups excluding tert-OH is 1. The van der Waals surface area contributed by atoms with Gasteiger partial charge in [-0.25, -0.2) is 13.4 Å². The van der Waals surface area contributed by atoms with Crippen LogP contribution in [-0.2, 0) is 9.84 Å². The molecule has 1 heterocycles. The lowest BCUT2D eigenvalue weighted by atomic mass is 10.1. The van der Waals surface area contributed by atoms with Gasteiger partial charge in [0.2, 0.25) is 0 Å². The molecule has 0 saturated carbocycles. The molecule has 10 heteroatoms. The average Bonchev–Trinajstić information content (AvgIpc) is 3.20. The predicted molar refractivity (Wildman–Crippen MR) is 118 cm³/mol. The molecule has 0 aliphatic carbocycles. The predicted octanol–water partition coefficient (Wildman–Crippen LogP) is 3.74. The molecule has 0 saturated heterocycles. The van der Waals surface area contributed by atoms with Gasteiger partial charge >= 0.3 is 0 Å². The van der Waals surface area contributed by atoms with Gasteiger partial charge in [-0.1, -0.05) is 0 Å². The van der Waals surface area contributed by atoms with Gasteiger partial charge in [0.05, 0.1) is 11.0 Å². The van der Waals surface area contributed by atoms with Gasteiger partial charge < -0.3 is 14.6 Å². The Kier molecular flexibility index (Phi) is 6.94. The van der Waals surface area contributed by atoms with Crippen molar-refractivity contribution in [2.24, 2.45) is 0 Å². The maximum Gasteiger partial charge on any atom is 0.257 e. The first-order chi connectivity index (χ1) is 14.6. The smallest absolute Gasteiger partial charge is 0.257 e. The highest BCUT2D eigenvalue weighted by molar-refractivity contribution is 7.90. The zero-order valence-corrected chi connectivity index (χ0v) is 18.7. The summed E-state index contributed by atoms with van der Waals surface area (Å²) in [6, 6.07) is 10.6. The highest BCUT2D eigenvalue weighted by atomic mass is 32.2. The summed E-state index contributed by atoms with van der Waals surface area (Å²) in [5.74, 6) is 0.636. The molecule has 0 aliphatic heterocycles. The van der Waals surface area contributed by atoms with E-state index in [1.165, 1.54) is 41.7 Å². The molecule has 3 rings (SSSR count). The molecular weight excluding hydrogens is 440 g/mol. The van der Waals surface area contributed by atoms with Gasteiger partial charge in [0.1, 0.15) is 23.4 Å². The number of benzene rings is 2. The Bertz CT molecular complexity index is 1140. The van der Waals surface area contributed by atoms with Crippen molar-refractivity contribution in [3.8, 4) is 17.2 Å². The Morgan fingerprint density at radius 2 is 1.77 bits per heavy atom. The Labute approximate surface area is 184 Å². The molecule has 8 nitrogen and oxygen atoms in total. The van der Waals surface area contributed by atoms with Crippen molar-refractivity contribution < 1.29 is 27.8 Å². The van der Waals surface area contributed by atoms with Gasteiger partial charge in [-0.3, -0.25) is 10.1 Å². The average molecular weight is 463 g/mol. The molecule has 0 bridgehead atoms. The van der Waals surface area contributed by atoms with Gasteiger partial charge in [-0.15, -0.1) is 11.3 Å². The van der Waals surface area contributed by atoms with Crippen LogP contribution in [0.15, 0.2) is 58.9 Å². The highest BCUT2D eigenvalue weighted by Crippen LogP contribution is 2.29. The fourth-order valence-corrected chi connectivity index (χ4v) is 3.64. The first kappa shape index (κ1) is 22.7. The SMILES string of the molecule is C[C@H](O)[C@H](C)Oc1cc(Oc2ccc(S(C)(=O)=O)cc2)cc(C(=O)Nc2nccs2)c1. The molecule has 2 atom stereocenters. The number of aromatic nitrogens is 1. The quantitative estimate of drug-likeness (QED) is 0.524. The van der Waals surface area contributed by atoms with Gasteiger partial charge in [-0.05, 0) is 50.2 Å². The summed E-state index contributed by atoms with van der Waals surface area (Å²) in [6.07, 6.45) is 1.47. The largest absolute Gasteiger partial charge is 0.488 e. The molecule has 0 radical (unpaired) electrons. The number of hydrogen-bond donors (Lipinski definition) is 2. The van der Waals surface area contributed by atoms with Crippen LogP contribution in [0, 0.1) is 0 Å². The number of carbonyl (C=O) groups excluding carboxylic acids is 1. The summed E-state index contributed by atoms with van der Waals surface area (Å²) in [7, 11) is -3.32. The van der Waals surface area contributed by atoms with Crippen LogP contribution >= 0.6 is 11.3 Å². The molecule has 2 N–H and O–H groups in total. The summed E-state index contributed by atoms with van der Waals surface area (Å²) >= 11 is 1.29. The molecular formula is C21H22N2O6S2. The molecule has 0 unspecified atom stereocenters. The first-order valence-corrected chi connectivity index (χ1v) is 12.1. The number of anilines is 1. The lowest BCUT2D eigenvalue weighted by molar-refractivity contribution is 0.0602. The van der Waals surface area contributed by atoms with E-state index in [-0.39, 0.29) is 10.5 Å². The van der Waals surface area contributed by atoms with Crippen molar-refractivity contribution >= 4 is 32.2 Å². The minimum absolute atomic E-state index is 0.172. The fourth-order valence-electron chi connectivity index (χ4n) is 2.49. The molecule has 31 heavy (non-hydrogen) atoms. The highest BCUT2D eigenvalue weighted by Gasteiger charge is 2.16. The van der Waals surface area contributed by atoms with Crippen LogP contribution < -0.4 is 14.8 Å². The first-order valence-electron chi connectivity index (χ1n) is 9.30. The number of rotatable bonds is 8. The molecule has 0 spiro atoms. The second-order valence-electron chi connectivity index (χ2n) is 6.89. The maximum atomic E-state index is 12.7. The normalized spacial score (nSPS) is 13.3. The zero-order valence-electron chi connectivity index (χ0n) is 17.1. The maximum absolute atomic E-state index is 12.7. The van der Waals surface area contributed by atoms with E-state index in [4.69, 9.17) is 9.47 Å². The molecule has 2 aromatic carbocycles. The molecule has 164 valence electrons. The Morgan fingerprint density at radius 3 is 2.35 bits per heavy atom. The standard InChI is InChI=1S/C21H22N2O6S2/c1-13(24)14(2)28-17-10-15(20(25)23-21-22-8-9-30-21)11-18(12-17)29-16-4-6-19(7-5-16)31(3,26)27/h4-14,24H,1-3H3,(H,22,23,25)/t13-,14-/m0/s1. The molecule has 3 aromatic rings. The number of amides is 1.